The highest BCUT2D eigenvalue weighted by atomic mass is 79.9. The quantitative estimate of drug-likeness (QED) is 0.765. The first-order chi connectivity index (χ1) is 8.17. The van der Waals surface area contributed by atoms with Crippen LogP contribution in [-0.4, -0.2) is 18.5 Å². The second kappa shape index (κ2) is 5.53. The van der Waals surface area contributed by atoms with Gasteiger partial charge >= 0.3 is 0 Å². The summed E-state index contributed by atoms with van der Waals surface area (Å²) in [6, 6.07) is 6.58. The Balaban J connectivity index is 2.23. The van der Waals surface area contributed by atoms with Crippen LogP contribution in [0.5, 0.6) is 0 Å². The standard InChI is InChI=1S/C15H21BrO/c1-12-5-3-6-13(2)14(12)9-15(10-16)7-4-8-17-11-15/h3,5-6H,4,7-11H2,1-2H3. The van der Waals surface area contributed by atoms with Crippen molar-refractivity contribution < 1.29 is 4.74 Å². The number of aryl methyl sites for hydroxylation is 2. The summed E-state index contributed by atoms with van der Waals surface area (Å²) < 4.78 is 5.70. The summed E-state index contributed by atoms with van der Waals surface area (Å²) in [7, 11) is 0. The summed E-state index contributed by atoms with van der Waals surface area (Å²) in [4.78, 5) is 0. The fraction of sp³-hybridized carbons (Fsp3) is 0.600. The third kappa shape index (κ3) is 2.92. The van der Waals surface area contributed by atoms with Crippen LogP contribution in [0.25, 0.3) is 0 Å². The van der Waals surface area contributed by atoms with Crippen molar-refractivity contribution in [2.45, 2.75) is 33.1 Å². The van der Waals surface area contributed by atoms with E-state index in [2.05, 4.69) is 48.0 Å². The van der Waals surface area contributed by atoms with Gasteiger partial charge in [-0.15, -0.1) is 0 Å². The van der Waals surface area contributed by atoms with Gasteiger partial charge in [0.1, 0.15) is 0 Å². The second-order valence-electron chi connectivity index (χ2n) is 5.34. The Bertz CT molecular complexity index is 360. The van der Waals surface area contributed by atoms with E-state index in [9.17, 15) is 0 Å². The van der Waals surface area contributed by atoms with E-state index in [1.54, 1.807) is 0 Å². The molecule has 1 aliphatic heterocycles. The molecule has 0 aliphatic carbocycles. The minimum atomic E-state index is 0.301. The molecule has 1 atom stereocenters. The molecule has 1 heterocycles. The first kappa shape index (κ1) is 13.1. The zero-order chi connectivity index (χ0) is 12.3. The lowest BCUT2D eigenvalue weighted by atomic mass is 9.77. The zero-order valence-corrected chi connectivity index (χ0v) is 12.3. The first-order valence-electron chi connectivity index (χ1n) is 6.36. The van der Waals surface area contributed by atoms with Crippen LogP contribution in [-0.2, 0) is 11.2 Å². The number of hydrogen-bond donors (Lipinski definition) is 0. The maximum absolute atomic E-state index is 5.70. The van der Waals surface area contributed by atoms with Crippen molar-refractivity contribution in [2.75, 3.05) is 18.5 Å². The molecule has 1 aliphatic rings. The molecule has 0 bridgehead atoms. The van der Waals surface area contributed by atoms with Gasteiger partial charge in [-0.05, 0) is 49.8 Å². The molecule has 1 nitrogen and oxygen atoms in total. The van der Waals surface area contributed by atoms with E-state index in [0.29, 0.717) is 5.41 Å². The molecule has 0 saturated carbocycles. The van der Waals surface area contributed by atoms with E-state index in [-0.39, 0.29) is 0 Å². The van der Waals surface area contributed by atoms with Gasteiger partial charge < -0.3 is 4.74 Å². The molecule has 1 aromatic carbocycles. The molecule has 2 rings (SSSR count). The number of ether oxygens (including phenoxy) is 1. The van der Waals surface area contributed by atoms with Crippen LogP contribution < -0.4 is 0 Å². The van der Waals surface area contributed by atoms with Crippen LogP contribution in [0, 0.1) is 19.3 Å². The molecule has 0 spiro atoms. The number of alkyl halides is 1. The van der Waals surface area contributed by atoms with Crippen LogP contribution in [0.4, 0.5) is 0 Å². The second-order valence-corrected chi connectivity index (χ2v) is 5.90. The predicted molar refractivity (Wildman–Crippen MR) is 75.9 cm³/mol. The molecular weight excluding hydrogens is 276 g/mol. The molecule has 1 saturated heterocycles. The molecule has 94 valence electrons. The van der Waals surface area contributed by atoms with Crippen LogP contribution in [0.2, 0.25) is 0 Å². The Morgan fingerprint density at radius 3 is 2.53 bits per heavy atom. The summed E-state index contributed by atoms with van der Waals surface area (Å²) in [5, 5.41) is 1.04. The van der Waals surface area contributed by atoms with Gasteiger partial charge in [0.15, 0.2) is 0 Å². The molecule has 2 heteroatoms. The van der Waals surface area contributed by atoms with E-state index in [4.69, 9.17) is 4.74 Å². The number of benzene rings is 1. The molecule has 0 aromatic heterocycles. The maximum Gasteiger partial charge on any atom is 0.0533 e. The van der Waals surface area contributed by atoms with E-state index in [1.165, 1.54) is 29.5 Å². The van der Waals surface area contributed by atoms with Gasteiger partial charge in [-0.3, -0.25) is 0 Å². The highest BCUT2D eigenvalue weighted by molar-refractivity contribution is 9.09. The van der Waals surface area contributed by atoms with Crippen molar-refractivity contribution >= 4 is 15.9 Å². The SMILES string of the molecule is Cc1cccc(C)c1CC1(CBr)CCCOC1. The Morgan fingerprint density at radius 2 is 2.00 bits per heavy atom. The highest BCUT2D eigenvalue weighted by Gasteiger charge is 2.32. The summed E-state index contributed by atoms with van der Waals surface area (Å²) in [6.45, 7) is 6.26. The Hall–Kier alpha value is -0.340. The predicted octanol–water partition coefficient (Wildman–Crippen LogP) is 4.04. The van der Waals surface area contributed by atoms with Gasteiger partial charge in [0.2, 0.25) is 0 Å². The third-order valence-electron chi connectivity index (χ3n) is 3.88. The molecule has 17 heavy (non-hydrogen) atoms. The fourth-order valence-electron chi connectivity index (χ4n) is 2.70. The molecule has 1 aromatic rings. The van der Waals surface area contributed by atoms with Crippen LogP contribution >= 0.6 is 15.9 Å². The van der Waals surface area contributed by atoms with Crippen LogP contribution in [0.15, 0.2) is 18.2 Å². The van der Waals surface area contributed by atoms with Crippen molar-refractivity contribution in [1.82, 2.24) is 0 Å². The lowest BCUT2D eigenvalue weighted by molar-refractivity contribution is 0.00602. The normalized spacial score (nSPS) is 24.9. The molecule has 1 unspecified atom stereocenters. The fourth-order valence-corrected chi connectivity index (χ4v) is 3.35. The van der Waals surface area contributed by atoms with Crippen LogP contribution in [0.3, 0.4) is 0 Å². The summed E-state index contributed by atoms with van der Waals surface area (Å²) in [6.07, 6.45) is 3.60. The van der Waals surface area contributed by atoms with Crippen molar-refractivity contribution in [1.29, 1.82) is 0 Å². The Morgan fingerprint density at radius 1 is 1.29 bits per heavy atom. The Kier molecular flexibility index (Phi) is 4.26. The lowest BCUT2D eigenvalue weighted by Gasteiger charge is -2.36. The van der Waals surface area contributed by atoms with Crippen molar-refractivity contribution in [3.05, 3.63) is 34.9 Å². The van der Waals surface area contributed by atoms with Gasteiger partial charge in [0.05, 0.1) is 6.61 Å². The number of rotatable bonds is 3. The van der Waals surface area contributed by atoms with Crippen molar-refractivity contribution in [3.63, 3.8) is 0 Å². The van der Waals surface area contributed by atoms with Crippen molar-refractivity contribution in [2.24, 2.45) is 5.41 Å². The summed E-state index contributed by atoms with van der Waals surface area (Å²) in [5.41, 5.74) is 4.64. The molecular formula is C15H21BrO. The zero-order valence-electron chi connectivity index (χ0n) is 10.8. The minimum Gasteiger partial charge on any atom is -0.381 e. The number of halogens is 1. The highest BCUT2D eigenvalue weighted by Crippen LogP contribution is 2.36. The van der Waals surface area contributed by atoms with Crippen molar-refractivity contribution in [3.8, 4) is 0 Å². The topological polar surface area (TPSA) is 9.23 Å². The van der Waals surface area contributed by atoms with Gasteiger partial charge in [-0.1, -0.05) is 34.1 Å². The maximum atomic E-state index is 5.70. The largest absolute Gasteiger partial charge is 0.381 e. The smallest absolute Gasteiger partial charge is 0.0533 e. The molecule has 0 amide bonds. The van der Waals surface area contributed by atoms with Gasteiger partial charge in [0.25, 0.3) is 0 Å². The van der Waals surface area contributed by atoms with E-state index in [1.807, 2.05) is 0 Å². The molecule has 0 radical (unpaired) electrons. The third-order valence-corrected chi connectivity index (χ3v) is 5.07. The van der Waals surface area contributed by atoms with E-state index in [0.717, 1.165) is 25.0 Å². The van der Waals surface area contributed by atoms with Gasteiger partial charge in [-0.25, -0.2) is 0 Å². The molecule has 1 fully saturated rings. The van der Waals surface area contributed by atoms with E-state index < -0.39 is 0 Å². The molecule has 0 N–H and O–H groups in total. The minimum absolute atomic E-state index is 0.301. The lowest BCUT2D eigenvalue weighted by Crippen LogP contribution is -2.36. The van der Waals surface area contributed by atoms with Gasteiger partial charge in [0, 0.05) is 17.4 Å². The van der Waals surface area contributed by atoms with Crippen LogP contribution in [0.1, 0.15) is 29.5 Å². The summed E-state index contributed by atoms with van der Waals surface area (Å²) >= 11 is 3.69. The number of hydrogen-bond acceptors (Lipinski definition) is 1. The average molecular weight is 297 g/mol. The average Bonchev–Trinajstić information content (AvgIpc) is 2.35. The summed E-state index contributed by atoms with van der Waals surface area (Å²) in [5.74, 6) is 0. The first-order valence-corrected chi connectivity index (χ1v) is 7.48. The Labute approximate surface area is 113 Å². The monoisotopic (exact) mass is 296 g/mol. The van der Waals surface area contributed by atoms with E-state index >= 15 is 0 Å². The van der Waals surface area contributed by atoms with Gasteiger partial charge in [-0.2, -0.15) is 0 Å².